The topological polar surface area (TPSA) is 123 Å². The fraction of sp³-hybridized carbons (Fsp3) is 0.786. The molecule has 0 unspecified atom stereocenters. The Morgan fingerprint density at radius 2 is 1.91 bits per heavy atom. The molecule has 8 nitrogen and oxygen atoms in total. The molecule has 2 amide bonds. The Hall–Kier alpha value is -1.67. The van der Waals surface area contributed by atoms with Gasteiger partial charge in [-0.1, -0.05) is 26.2 Å². The van der Waals surface area contributed by atoms with Crippen molar-refractivity contribution in [2.24, 2.45) is 5.73 Å². The Morgan fingerprint density at radius 3 is 2.50 bits per heavy atom. The molecule has 0 saturated carbocycles. The van der Waals surface area contributed by atoms with Gasteiger partial charge in [0.25, 0.3) is 0 Å². The van der Waals surface area contributed by atoms with Crippen molar-refractivity contribution in [2.45, 2.75) is 45.1 Å². The highest BCUT2D eigenvalue weighted by atomic mass is 16.5. The fourth-order valence-corrected chi connectivity index (χ4v) is 1.77. The molecule has 0 heterocycles. The molecule has 0 bridgehead atoms. The molecule has 0 aliphatic rings. The van der Waals surface area contributed by atoms with E-state index in [0.717, 1.165) is 19.4 Å². The van der Waals surface area contributed by atoms with E-state index in [2.05, 4.69) is 27.6 Å². The van der Waals surface area contributed by atoms with Crippen LogP contribution in [0.2, 0.25) is 0 Å². The predicted octanol–water partition coefficient (Wildman–Crippen LogP) is -0.763. The molecule has 0 fully saturated rings. The van der Waals surface area contributed by atoms with Crippen LogP contribution in [0.1, 0.15) is 39.0 Å². The van der Waals surface area contributed by atoms with Crippen molar-refractivity contribution in [1.82, 2.24) is 16.0 Å². The van der Waals surface area contributed by atoms with Gasteiger partial charge in [0.05, 0.1) is 19.6 Å². The van der Waals surface area contributed by atoms with Crippen molar-refractivity contribution in [1.29, 1.82) is 0 Å². The zero-order valence-corrected chi connectivity index (χ0v) is 13.4. The molecule has 0 aromatic carbocycles. The van der Waals surface area contributed by atoms with Crippen LogP contribution in [-0.4, -0.2) is 50.7 Å². The van der Waals surface area contributed by atoms with Gasteiger partial charge in [0.2, 0.25) is 11.8 Å². The molecule has 22 heavy (non-hydrogen) atoms. The lowest BCUT2D eigenvalue weighted by Crippen LogP contribution is -2.50. The molecule has 0 aliphatic carbocycles. The van der Waals surface area contributed by atoms with Gasteiger partial charge in [0, 0.05) is 6.67 Å². The molecular formula is C14H28N4O4. The average molecular weight is 316 g/mol. The normalized spacial score (nSPS) is 11.7. The lowest BCUT2D eigenvalue weighted by Gasteiger charge is -2.17. The summed E-state index contributed by atoms with van der Waals surface area (Å²) in [5.74, 6) is -1.61. The minimum absolute atomic E-state index is 0.134. The first-order valence-corrected chi connectivity index (χ1v) is 7.58. The van der Waals surface area contributed by atoms with Crippen LogP contribution in [0.5, 0.6) is 0 Å². The molecule has 0 saturated heterocycles. The maximum atomic E-state index is 11.9. The summed E-state index contributed by atoms with van der Waals surface area (Å²) < 4.78 is 4.43. The van der Waals surface area contributed by atoms with Crippen LogP contribution in [0.25, 0.3) is 0 Å². The molecule has 8 heteroatoms. The molecule has 1 atom stereocenters. The van der Waals surface area contributed by atoms with E-state index in [0.29, 0.717) is 6.67 Å². The van der Waals surface area contributed by atoms with Crippen LogP contribution >= 0.6 is 0 Å². The van der Waals surface area contributed by atoms with Gasteiger partial charge in [0.15, 0.2) is 0 Å². The van der Waals surface area contributed by atoms with E-state index >= 15 is 0 Å². The Morgan fingerprint density at radius 1 is 1.18 bits per heavy atom. The fourth-order valence-electron chi connectivity index (χ4n) is 1.77. The van der Waals surface area contributed by atoms with Crippen LogP contribution < -0.4 is 21.7 Å². The maximum absolute atomic E-state index is 11.9. The van der Waals surface area contributed by atoms with Crippen molar-refractivity contribution < 1.29 is 19.1 Å². The van der Waals surface area contributed by atoms with E-state index in [9.17, 15) is 14.4 Å². The number of unbranched alkanes of at least 4 members (excludes halogenated alkanes) is 3. The van der Waals surface area contributed by atoms with Crippen molar-refractivity contribution >= 4 is 17.8 Å². The monoisotopic (exact) mass is 316 g/mol. The molecule has 0 spiro atoms. The molecule has 0 aromatic heterocycles. The summed E-state index contributed by atoms with van der Waals surface area (Å²) in [6, 6.07) is -0.773. The number of methoxy groups -OCH3 is 1. The standard InChI is InChI=1S/C14H28N4O4/c1-3-4-5-6-7-16-10-18-11(8-12(15)19)14(21)17-9-13(20)22-2/h11,16,18H,3-10H2,1-2H3,(H2,15,19)(H,17,21)/t11-/m1/s1. The van der Waals surface area contributed by atoms with Crippen molar-refractivity contribution in [3.05, 3.63) is 0 Å². The zero-order valence-electron chi connectivity index (χ0n) is 13.4. The lowest BCUT2D eigenvalue weighted by molar-refractivity contribution is -0.141. The summed E-state index contributed by atoms with van der Waals surface area (Å²) >= 11 is 0. The summed E-state index contributed by atoms with van der Waals surface area (Å²) in [4.78, 5) is 33.9. The first-order valence-electron chi connectivity index (χ1n) is 7.58. The second-order valence-electron chi connectivity index (χ2n) is 4.96. The average Bonchev–Trinajstić information content (AvgIpc) is 2.49. The van der Waals surface area contributed by atoms with Crippen LogP contribution in [0.3, 0.4) is 0 Å². The predicted molar refractivity (Wildman–Crippen MR) is 82.8 cm³/mol. The third-order valence-corrected chi connectivity index (χ3v) is 3.04. The van der Waals surface area contributed by atoms with Crippen LogP contribution in [0.15, 0.2) is 0 Å². The second-order valence-corrected chi connectivity index (χ2v) is 4.96. The van der Waals surface area contributed by atoms with E-state index in [-0.39, 0.29) is 13.0 Å². The number of ether oxygens (including phenoxy) is 1. The number of rotatable bonds is 13. The van der Waals surface area contributed by atoms with Crippen LogP contribution in [0, 0.1) is 0 Å². The molecular weight excluding hydrogens is 288 g/mol. The zero-order chi connectivity index (χ0) is 16.8. The van der Waals surface area contributed by atoms with E-state index in [1.807, 2.05) is 0 Å². The van der Waals surface area contributed by atoms with E-state index in [1.165, 1.54) is 20.0 Å². The number of primary amides is 1. The van der Waals surface area contributed by atoms with Crippen LogP contribution in [-0.2, 0) is 19.1 Å². The van der Waals surface area contributed by atoms with Gasteiger partial charge in [-0.15, -0.1) is 0 Å². The largest absolute Gasteiger partial charge is 0.468 e. The smallest absolute Gasteiger partial charge is 0.325 e. The number of carbonyl (C=O) groups excluding carboxylic acids is 3. The number of amides is 2. The highest BCUT2D eigenvalue weighted by Gasteiger charge is 2.20. The quantitative estimate of drug-likeness (QED) is 0.201. The summed E-state index contributed by atoms with van der Waals surface area (Å²) in [6.07, 6.45) is 4.47. The van der Waals surface area contributed by atoms with E-state index in [4.69, 9.17) is 5.73 Å². The SMILES string of the molecule is CCCCCCNCN[C@H](CC(N)=O)C(=O)NCC(=O)OC. The number of carbonyl (C=O) groups is 3. The summed E-state index contributed by atoms with van der Waals surface area (Å²) in [6.45, 7) is 3.13. The summed E-state index contributed by atoms with van der Waals surface area (Å²) in [7, 11) is 1.23. The summed E-state index contributed by atoms with van der Waals surface area (Å²) in [5.41, 5.74) is 5.13. The third kappa shape index (κ3) is 11.0. The van der Waals surface area contributed by atoms with Gasteiger partial charge in [-0.25, -0.2) is 0 Å². The maximum Gasteiger partial charge on any atom is 0.325 e. The molecule has 0 rings (SSSR count). The molecule has 0 aliphatic heterocycles. The molecule has 5 N–H and O–H groups in total. The minimum atomic E-state index is -0.773. The minimum Gasteiger partial charge on any atom is -0.468 e. The first kappa shape index (κ1) is 20.3. The van der Waals surface area contributed by atoms with Gasteiger partial charge in [-0.3, -0.25) is 19.7 Å². The van der Waals surface area contributed by atoms with Gasteiger partial charge in [-0.05, 0) is 13.0 Å². The lowest BCUT2D eigenvalue weighted by atomic mass is 10.2. The van der Waals surface area contributed by atoms with Gasteiger partial charge < -0.3 is 21.1 Å². The Labute approximate surface area is 131 Å². The van der Waals surface area contributed by atoms with Gasteiger partial charge in [0.1, 0.15) is 6.54 Å². The number of nitrogens with two attached hydrogens (primary N) is 1. The van der Waals surface area contributed by atoms with E-state index in [1.54, 1.807) is 0 Å². The number of nitrogens with one attached hydrogen (secondary N) is 3. The third-order valence-electron chi connectivity index (χ3n) is 3.04. The Bertz CT molecular complexity index is 350. The Kier molecular flexibility index (Phi) is 12.0. The highest BCUT2D eigenvalue weighted by Crippen LogP contribution is 1.97. The molecule has 0 aromatic rings. The van der Waals surface area contributed by atoms with Crippen molar-refractivity contribution in [3.63, 3.8) is 0 Å². The molecule has 128 valence electrons. The number of hydrogen-bond acceptors (Lipinski definition) is 6. The highest BCUT2D eigenvalue weighted by molar-refractivity contribution is 5.89. The van der Waals surface area contributed by atoms with Crippen molar-refractivity contribution in [2.75, 3.05) is 26.9 Å². The Balaban J connectivity index is 4.03. The number of hydrogen-bond donors (Lipinski definition) is 4. The second kappa shape index (κ2) is 13.0. The van der Waals surface area contributed by atoms with Gasteiger partial charge in [-0.2, -0.15) is 0 Å². The first-order chi connectivity index (χ1) is 10.5. The van der Waals surface area contributed by atoms with Crippen molar-refractivity contribution in [3.8, 4) is 0 Å². The summed E-state index contributed by atoms with van der Waals surface area (Å²) in [5, 5.41) is 8.45. The molecule has 0 radical (unpaired) electrons. The number of esters is 1. The van der Waals surface area contributed by atoms with E-state index < -0.39 is 23.8 Å². The van der Waals surface area contributed by atoms with Crippen LogP contribution in [0.4, 0.5) is 0 Å². The van der Waals surface area contributed by atoms with Gasteiger partial charge >= 0.3 is 5.97 Å².